The minimum Gasteiger partial charge on any atom is -0.493 e. The first-order chi connectivity index (χ1) is 8.20. The van der Waals surface area contributed by atoms with Crippen molar-refractivity contribution in [3.05, 3.63) is 35.9 Å². The van der Waals surface area contributed by atoms with E-state index in [-0.39, 0.29) is 5.88 Å². The van der Waals surface area contributed by atoms with Crippen LogP contribution < -0.4 is 5.32 Å². The number of halogens is 1. The molecule has 0 radical (unpaired) electrons. The average molecular weight is 234 g/mol. The summed E-state index contributed by atoms with van der Waals surface area (Å²) in [5.74, 6) is 0.164. The van der Waals surface area contributed by atoms with Gasteiger partial charge in [-0.1, -0.05) is 0 Å². The second kappa shape index (κ2) is 3.44. The lowest BCUT2D eigenvalue weighted by molar-refractivity contribution is 0.435. The number of H-pyrrole nitrogens is 1. The maximum Gasteiger partial charge on any atom is 0.216 e. The highest BCUT2D eigenvalue weighted by Crippen LogP contribution is 2.50. The first kappa shape index (κ1) is 10.1. The molecule has 88 valence electrons. The molecular formula is C11H11FN4O. The van der Waals surface area contributed by atoms with Crippen molar-refractivity contribution in [2.24, 2.45) is 0 Å². The van der Waals surface area contributed by atoms with E-state index in [0.717, 1.165) is 24.9 Å². The molecule has 0 atom stereocenters. The number of rotatable bonds is 3. The van der Waals surface area contributed by atoms with Crippen LogP contribution in [0.3, 0.4) is 0 Å². The molecule has 17 heavy (non-hydrogen) atoms. The Morgan fingerprint density at radius 2 is 2.29 bits per heavy atom. The Morgan fingerprint density at radius 1 is 1.47 bits per heavy atom. The molecule has 0 amide bonds. The smallest absolute Gasteiger partial charge is 0.216 e. The number of anilines is 1. The summed E-state index contributed by atoms with van der Waals surface area (Å²) in [6.07, 6.45) is 4.28. The number of aromatic hydroxyl groups is 1. The van der Waals surface area contributed by atoms with E-state index in [4.69, 9.17) is 0 Å². The fourth-order valence-electron chi connectivity index (χ4n) is 1.95. The Kier molecular flexibility index (Phi) is 2.04. The van der Waals surface area contributed by atoms with E-state index in [2.05, 4.69) is 20.5 Å². The van der Waals surface area contributed by atoms with Crippen molar-refractivity contribution in [1.29, 1.82) is 0 Å². The number of aromatic amines is 1. The zero-order valence-electron chi connectivity index (χ0n) is 8.94. The Labute approximate surface area is 96.7 Å². The van der Waals surface area contributed by atoms with Crippen LogP contribution in [0.15, 0.2) is 24.5 Å². The zero-order valence-corrected chi connectivity index (χ0v) is 8.94. The van der Waals surface area contributed by atoms with Gasteiger partial charge in [0, 0.05) is 5.56 Å². The van der Waals surface area contributed by atoms with Crippen LogP contribution in [0.2, 0.25) is 0 Å². The van der Waals surface area contributed by atoms with Crippen LogP contribution >= 0.6 is 0 Å². The predicted octanol–water partition coefficient (Wildman–Crippen LogP) is 1.75. The molecule has 3 rings (SSSR count). The molecule has 1 aliphatic rings. The van der Waals surface area contributed by atoms with E-state index >= 15 is 0 Å². The van der Waals surface area contributed by atoms with Crippen LogP contribution in [0.5, 0.6) is 5.88 Å². The number of hydrogen-bond donors (Lipinski definition) is 3. The summed E-state index contributed by atoms with van der Waals surface area (Å²) >= 11 is 0. The van der Waals surface area contributed by atoms with E-state index in [1.54, 1.807) is 12.3 Å². The summed E-state index contributed by atoms with van der Waals surface area (Å²) in [6, 6.07) is 3.10. The highest BCUT2D eigenvalue weighted by atomic mass is 19.1. The maximum atomic E-state index is 13.2. The second-order valence-corrected chi connectivity index (χ2v) is 4.20. The Morgan fingerprint density at radius 3 is 2.94 bits per heavy atom. The molecule has 1 fully saturated rings. The molecule has 0 aromatic carbocycles. The number of aromatic nitrogens is 3. The van der Waals surface area contributed by atoms with Crippen molar-refractivity contribution in [3.63, 3.8) is 0 Å². The number of nitrogens with zero attached hydrogens (tertiary/aromatic N) is 2. The third-order valence-corrected chi connectivity index (χ3v) is 2.97. The van der Waals surface area contributed by atoms with E-state index in [0.29, 0.717) is 5.56 Å². The summed E-state index contributed by atoms with van der Waals surface area (Å²) in [5, 5.41) is 19.5. The van der Waals surface area contributed by atoms with Gasteiger partial charge in [0.25, 0.3) is 0 Å². The lowest BCUT2D eigenvalue weighted by Crippen LogP contribution is -2.19. The molecule has 2 heterocycles. The third-order valence-electron chi connectivity index (χ3n) is 2.97. The van der Waals surface area contributed by atoms with Crippen molar-refractivity contribution in [3.8, 4) is 5.88 Å². The monoisotopic (exact) mass is 234 g/mol. The van der Waals surface area contributed by atoms with Crippen molar-refractivity contribution in [2.75, 3.05) is 5.32 Å². The molecule has 2 aromatic rings. The largest absolute Gasteiger partial charge is 0.493 e. The fourth-order valence-corrected chi connectivity index (χ4v) is 1.95. The number of hydrogen-bond acceptors (Lipinski definition) is 4. The van der Waals surface area contributed by atoms with Gasteiger partial charge in [0.15, 0.2) is 0 Å². The molecule has 1 saturated carbocycles. The summed E-state index contributed by atoms with van der Waals surface area (Å²) in [4.78, 5) is 3.63. The highest BCUT2D eigenvalue weighted by Gasteiger charge is 2.47. The summed E-state index contributed by atoms with van der Waals surface area (Å²) in [6.45, 7) is 0. The molecule has 2 aromatic heterocycles. The van der Waals surface area contributed by atoms with Gasteiger partial charge in [-0.2, -0.15) is 5.10 Å². The van der Waals surface area contributed by atoms with Gasteiger partial charge in [0.2, 0.25) is 5.88 Å². The van der Waals surface area contributed by atoms with E-state index in [1.807, 2.05) is 0 Å². The molecule has 0 aliphatic heterocycles. The van der Waals surface area contributed by atoms with Gasteiger partial charge in [0.1, 0.15) is 11.6 Å². The SMILES string of the molecule is Oc1ncc(F)cc1C1(Nc2ccn[nH]2)CC1. The second-order valence-electron chi connectivity index (χ2n) is 4.20. The minimum absolute atomic E-state index is 0.129. The lowest BCUT2D eigenvalue weighted by atomic mass is 10.1. The molecule has 0 saturated heterocycles. The Hall–Kier alpha value is -2.11. The topological polar surface area (TPSA) is 73.8 Å². The van der Waals surface area contributed by atoms with E-state index in [1.165, 1.54) is 6.07 Å². The van der Waals surface area contributed by atoms with Crippen molar-refractivity contribution in [2.45, 2.75) is 18.4 Å². The summed E-state index contributed by atoms with van der Waals surface area (Å²) < 4.78 is 13.2. The van der Waals surface area contributed by atoms with Crippen molar-refractivity contribution in [1.82, 2.24) is 15.2 Å². The van der Waals surface area contributed by atoms with Gasteiger partial charge in [0.05, 0.1) is 17.9 Å². The molecular weight excluding hydrogens is 223 g/mol. The fraction of sp³-hybridized carbons (Fsp3) is 0.273. The lowest BCUT2D eigenvalue weighted by Gasteiger charge is -2.18. The van der Waals surface area contributed by atoms with Crippen LogP contribution in [0.1, 0.15) is 18.4 Å². The first-order valence-electron chi connectivity index (χ1n) is 5.32. The van der Waals surface area contributed by atoms with E-state index < -0.39 is 11.4 Å². The van der Waals surface area contributed by atoms with Gasteiger partial charge in [-0.3, -0.25) is 5.10 Å². The van der Waals surface area contributed by atoms with Gasteiger partial charge in [-0.25, -0.2) is 9.37 Å². The van der Waals surface area contributed by atoms with Crippen molar-refractivity contribution >= 4 is 5.82 Å². The standard InChI is InChI=1S/C11H11FN4O/c12-7-5-8(10(17)13-6-7)11(2-3-11)15-9-1-4-14-16-9/h1,4-6H,2-3H2,(H,13,17)(H2,14,15,16). The maximum absolute atomic E-state index is 13.2. The normalized spacial score (nSPS) is 16.8. The molecule has 0 bridgehead atoms. The molecule has 0 unspecified atom stereocenters. The van der Waals surface area contributed by atoms with Gasteiger partial charge in [-0.15, -0.1) is 0 Å². The Balaban J connectivity index is 1.95. The highest BCUT2D eigenvalue weighted by molar-refractivity contribution is 5.48. The molecule has 6 heteroatoms. The third kappa shape index (κ3) is 1.71. The average Bonchev–Trinajstić information content (AvgIpc) is 2.89. The quantitative estimate of drug-likeness (QED) is 0.756. The van der Waals surface area contributed by atoms with E-state index in [9.17, 15) is 9.50 Å². The number of pyridine rings is 1. The zero-order chi connectivity index (χ0) is 11.9. The van der Waals surface area contributed by atoms with Gasteiger partial charge in [-0.05, 0) is 25.0 Å². The first-order valence-corrected chi connectivity index (χ1v) is 5.32. The molecule has 1 aliphatic carbocycles. The van der Waals surface area contributed by atoms with Crippen LogP contribution in [-0.2, 0) is 5.54 Å². The van der Waals surface area contributed by atoms with Crippen LogP contribution in [0.25, 0.3) is 0 Å². The summed E-state index contributed by atoms with van der Waals surface area (Å²) in [7, 11) is 0. The van der Waals surface area contributed by atoms with Crippen LogP contribution in [-0.4, -0.2) is 20.3 Å². The predicted molar refractivity (Wildman–Crippen MR) is 59.0 cm³/mol. The van der Waals surface area contributed by atoms with Gasteiger partial charge >= 0.3 is 0 Å². The van der Waals surface area contributed by atoms with Crippen LogP contribution in [0, 0.1) is 5.82 Å². The molecule has 5 nitrogen and oxygen atoms in total. The summed E-state index contributed by atoms with van der Waals surface area (Å²) in [5.41, 5.74) is 0.0678. The minimum atomic E-state index is -0.449. The molecule has 0 spiro atoms. The van der Waals surface area contributed by atoms with Crippen LogP contribution in [0.4, 0.5) is 10.2 Å². The number of nitrogens with one attached hydrogen (secondary N) is 2. The van der Waals surface area contributed by atoms with Crippen molar-refractivity contribution < 1.29 is 9.50 Å². The van der Waals surface area contributed by atoms with Gasteiger partial charge < -0.3 is 10.4 Å². The Bertz CT molecular complexity index is 536. The molecule has 3 N–H and O–H groups in total.